The molecule has 1 aromatic carbocycles. The molecule has 21 heavy (non-hydrogen) atoms. The first-order chi connectivity index (χ1) is 9.19. The molecule has 0 bridgehead atoms. The lowest BCUT2D eigenvalue weighted by Crippen LogP contribution is -2.38. The van der Waals surface area contributed by atoms with Gasteiger partial charge in [-0.25, -0.2) is 0 Å². The number of ether oxygens (including phenoxy) is 1. The fourth-order valence-corrected chi connectivity index (χ4v) is 1.40. The van der Waals surface area contributed by atoms with Gasteiger partial charge in [0.1, 0.15) is 5.75 Å². The molecule has 120 valence electrons. The Bertz CT molecular complexity index is 450. The predicted octanol–water partition coefficient (Wildman–Crippen LogP) is 2.61. The number of nitrogens with two attached hydrogens (primary N) is 1. The third kappa shape index (κ3) is 7.19. The fourth-order valence-electron chi connectivity index (χ4n) is 1.40. The Morgan fingerprint density at radius 1 is 1.29 bits per heavy atom. The Balaban J connectivity index is 0.00000400. The standard InChI is InChI=1S/C13H17F3N2O2.ClH/c1-8(9(2)17)12(19)18-7-10-3-5-11(6-4-10)20-13(14,15)16;/h3-6,8-9H,7,17H2,1-2H3,(H,18,19);1H. The van der Waals surface area contributed by atoms with Crippen molar-refractivity contribution < 1.29 is 22.7 Å². The lowest BCUT2D eigenvalue weighted by Gasteiger charge is -2.15. The fraction of sp³-hybridized carbons (Fsp3) is 0.462. The van der Waals surface area contributed by atoms with Gasteiger partial charge in [-0.15, -0.1) is 25.6 Å². The summed E-state index contributed by atoms with van der Waals surface area (Å²) in [6, 6.07) is 5.04. The van der Waals surface area contributed by atoms with Gasteiger partial charge in [-0.3, -0.25) is 4.79 Å². The summed E-state index contributed by atoms with van der Waals surface area (Å²) in [7, 11) is 0. The number of benzene rings is 1. The van der Waals surface area contributed by atoms with E-state index in [0.29, 0.717) is 5.56 Å². The third-order valence-corrected chi connectivity index (χ3v) is 2.83. The van der Waals surface area contributed by atoms with E-state index in [4.69, 9.17) is 5.73 Å². The zero-order valence-electron chi connectivity index (χ0n) is 11.6. The normalized spacial score (nSPS) is 13.8. The zero-order chi connectivity index (χ0) is 15.3. The van der Waals surface area contributed by atoms with E-state index in [9.17, 15) is 18.0 Å². The van der Waals surface area contributed by atoms with Crippen molar-refractivity contribution in [2.75, 3.05) is 0 Å². The largest absolute Gasteiger partial charge is 0.573 e. The molecule has 0 aliphatic heterocycles. The van der Waals surface area contributed by atoms with E-state index >= 15 is 0 Å². The number of nitrogens with one attached hydrogen (secondary N) is 1. The summed E-state index contributed by atoms with van der Waals surface area (Å²) in [4.78, 5) is 11.6. The number of alkyl halides is 3. The summed E-state index contributed by atoms with van der Waals surface area (Å²) in [5, 5.41) is 2.67. The van der Waals surface area contributed by atoms with Crippen LogP contribution in [0.25, 0.3) is 0 Å². The molecule has 8 heteroatoms. The molecular formula is C13H18ClF3N2O2. The van der Waals surface area contributed by atoms with E-state index in [1.807, 2.05) is 0 Å². The van der Waals surface area contributed by atoms with Crippen LogP contribution in [0.4, 0.5) is 13.2 Å². The van der Waals surface area contributed by atoms with E-state index in [1.54, 1.807) is 13.8 Å². The van der Waals surface area contributed by atoms with Crippen molar-refractivity contribution in [2.24, 2.45) is 11.7 Å². The number of carbonyl (C=O) groups is 1. The van der Waals surface area contributed by atoms with Crippen molar-refractivity contribution in [1.82, 2.24) is 5.32 Å². The van der Waals surface area contributed by atoms with Crippen molar-refractivity contribution in [3.8, 4) is 5.75 Å². The monoisotopic (exact) mass is 326 g/mol. The summed E-state index contributed by atoms with van der Waals surface area (Å²) in [6.07, 6.45) is -4.71. The van der Waals surface area contributed by atoms with Crippen LogP contribution in [-0.4, -0.2) is 18.3 Å². The maximum Gasteiger partial charge on any atom is 0.573 e. The van der Waals surface area contributed by atoms with Crippen molar-refractivity contribution >= 4 is 18.3 Å². The Kier molecular flexibility index (Phi) is 7.52. The number of amides is 1. The molecule has 1 aromatic rings. The van der Waals surface area contributed by atoms with Gasteiger partial charge in [0, 0.05) is 18.5 Å². The van der Waals surface area contributed by atoms with Crippen molar-refractivity contribution in [1.29, 1.82) is 0 Å². The van der Waals surface area contributed by atoms with Crippen molar-refractivity contribution in [3.63, 3.8) is 0 Å². The van der Waals surface area contributed by atoms with Crippen molar-refractivity contribution in [3.05, 3.63) is 29.8 Å². The van der Waals surface area contributed by atoms with E-state index in [1.165, 1.54) is 24.3 Å². The molecule has 2 unspecified atom stereocenters. The van der Waals surface area contributed by atoms with Gasteiger partial charge >= 0.3 is 6.36 Å². The van der Waals surface area contributed by atoms with Gasteiger partial charge in [0.25, 0.3) is 0 Å². The Labute approximate surface area is 127 Å². The van der Waals surface area contributed by atoms with Crippen molar-refractivity contribution in [2.45, 2.75) is 32.8 Å². The lowest BCUT2D eigenvalue weighted by atomic mass is 10.0. The maximum absolute atomic E-state index is 12.0. The molecule has 0 saturated heterocycles. The molecule has 2 atom stereocenters. The molecule has 0 aliphatic carbocycles. The summed E-state index contributed by atoms with van der Waals surface area (Å²) >= 11 is 0. The molecule has 4 nitrogen and oxygen atoms in total. The van der Waals surface area contributed by atoms with Crippen LogP contribution in [0, 0.1) is 5.92 Å². The second-order valence-corrected chi connectivity index (χ2v) is 4.56. The lowest BCUT2D eigenvalue weighted by molar-refractivity contribution is -0.274. The number of hydrogen-bond donors (Lipinski definition) is 2. The second kappa shape index (κ2) is 8.09. The highest BCUT2D eigenvalue weighted by Gasteiger charge is 2.30. The highest BCUT2D eigenvalue weighted by Crippen LogP contribution is 2.22. The summed E-state index contributed by atoms with van der Waals surface area (Å²) < 4.78 is 39.7. The van der Waals surface area contributed by atoms with Crippen LogP contribution >= 0.6 is 12.4 Å². The van der Waals surface area contributed by atoms with E-state index in [2.05, 4.69) is 10.1 Å². The predicted molar refractivity (Wildman–Crippen MR) is 75.0 cm³/mol. The molecular weight excluding hydrogens is 309 g/mol. The van der Waals surface area contributed by atoms with Gasteiger partial charge < -0.3 is 15.8 Å². The summed E-state index contributed by atoms with van der Waals surface area (Å²) in [5.74, 6) is -0.824. The highest BCUT2D eigenvalue weighted by molar-refractivity contribution is 5.85. The molecule has 1 rings (SSSR count). The highest BCUT2D eigenvalue weighted by atomic mass is 35.5. The first-order valence-corrected chi connectivity index (χ1v) is 6.07. The minimum Gasteiger partial charge on any atom is -0.406 e. The van der Waals surface area contributed by atoms with Crippen LogP contribution in [0.15, 0.2) is 24.3 Å². The zero-order valence-corrected chi connectivity index (χ0v) is 12.4. The van der Waals surface area contributed by atoms with Gasteiger partial charge in [-0.1, -0.05) is 19.1 Å². The Morgan fingerprint density at radius 3 is 2.24 bits per heavy atom. The minimum atomic E-state index is -4.71. The summed E-state index contributed by atoms with van der Waals surface area (Å²) in [6.45, 7) is 3.66. The van der Waals surface area contributed by atoms with Crippen LogP contribution in [-0.2, 0) is 11.3 Å². The topological polar surface area (TPSA) is 64.4 Å². The van der Waals surface area contributed by atoms with Crippen LogP contribution < -0.4 is 15.8 Å². The first kappa shape index (κ1) is 19.5. The van der Waals surface area contributed by atoms with Crippen LogP contribution in [0.2, 0.25) is 0 Å². The molecule has 0 heterocycles. The number of carbonyl (C=O) groups excluding carboxylic acids is 1. The van der Waals surface area contributed by atoms with Crippen LogP contribution in [0.1, 0.15) is 19.4 Å². The number of hydrogen-bond acceptors (Lipinski definition) is 3. The van der Waals surface area contributed by atoms with Gasteiger partial charge in [0.2, 0.25) is 5.91 Å². The molecule has 0 fully saturated rings. The average Bonchev–Trinajstić information content (AvgIpc) is 2.34. The maximum atomic E-state index is 12.0. The van der Waals surface area contributed by atoms with E-state index in [-0.39, 0.29) is 42.6 Å². The van der Waals surface area contributed by atoms with Crippen LogP contribution in [0.5, 0.6) is 5.75 Å². The van der Waals surface area contributed by atoms with E-state index in [0.717, 1.165) is 0 Å². The molecule has 0 spiro atoms. The third-order valence-electron chi connectivity index (χ3n) is 2.83. The molecule has 0 aromatic heterocycles. The second-order valence-electron chi connectivity index (χ2n) is 4.56. The smallest absolute Gasteiger partial charge is 0.406 e. The van der Waals surface area contributed by atoms with Gasteiger partial charge in [0.05, 0.1) is 0 Å². The van der Waals surface area contributed by atoms with Crippen LogP contribution in [0.3, 0.4) is 0 Å². The Morgan fingerprint density at radius 2 is 1.81 bits per heavy atom. The SMILES string of the molecule is CC(N)C(C)C(=O)NCc1ccc(OC(F)(F)F)cc1.Cl. The Hall–Kier alpha value is -1.47. The van der Waals surface area contributed by atoms with Gasteiger partial charge in [-0.05, 0) is 24.6 Å². The molecule has 3 N–H and O–H groups in total. The average molecular weight is 327 g/mol. The molecule has 1 amide bonds. The van der Waals surface area contributed by atoms with Gasteiger partial charge in [-0.2, -0.15) is 0 Å². The molecule has 0 aliphatic rings. The number of halogens is 4. The first-order valence-electron chi connectivity index (χ1n) is 6.07. The van der Waals surface area contributed by atoms with E-state index < -0.39 is 6.36 Å². The number of rotatable bonds is 5. The summed E-state index contributed by atoms with van der Waals surface area (Å²) in [5.41, 5.74) is 6.27. The molecule has 0 saturated carbocycles. The minimum absolute atomic E-state index is 0. The molecule has 0 radical (unpaired) electrons. The quantitative estimate of drug-likeness (QED) is 0.874. The van der Waals surface area contributed by atoms with Gasteiger partial charge in [0.15, 0.2) is 0 Å².